The summed E-state index contributed by atoms with van der Waals surface area (Å²) in [5, 5.41) is 4.86. The van der Waals surface area contributed by atoms with E-state index in [0.717, 1.165) is 6.07 Å². The Kier molecular flexibility index (Phi) is 3.65. The predicted molar refractivity (Wildman–Crippen MR) is 81.9 cm³/mol. The molecule has 1 aromatic heterocycles. The molecule has 23 heavy (non-hydrogen) atoms. The Morgan fingerprint density at radius 3 is 2.96 bits per heavy atom. The average molecular weight is 336 g/mol. The van der Waals surface area contributed by atoms with E-state index in [1.165, 1.54) is 25.3 Å². The second-order valence-electron chi connectivity index (χ2n) is 5.02. The summed E-state index contributed by atoms with van der Waals surface area (Å²) < 4.78 is 18.7. The first-order valence-corrected chi connectivity index (χ1v) is 7.00. The Morgan fingerprint density at radius 2 is 2.22 bits per heavy atom. The number of aromatic nitrogens is 1. The van der Waals surface area contributed by atoms with Crippen molar-refractivity contribution in [2.45, 2.75) is 12.5 Å². The van der Waals surface area contributed by atoms with E-state index in [0.29, 0.717) is 0 Å². The van der Waals surface area contributed by atoms with E-state index < -0.39 is 23.2 Å². The smallest absolute Gasteiger partial charge is 0.279 e. The van der Waals surface area contributed by atoms with Crippen LogP contribution >= 0.6 is 11.6 Å². The van der Waals surface area contributed by atoms with Gasteiger partial charge < -0.3 is 15.4 Å². The number of benzene rings is 1. The quantitative estimate of drug-likeness (QED) is 0.827. The van der Waals surface area contributed by atoms with Gasteiger partial charge in [0.05, 0.1) is 5.02 Å². The number of ether oxygens (including phenoxy) is 1. The summed E-state index contributed by atoms with van der Waals surface area (Å²) in [6, 6.07) is 6.89. The maximum absolute atomic E-state index is 13.2. The van der Waals surface area contributed by atoms with Gasteiger partial charge in [0.1, 0.15) is 5.82 Å². The average Bonchev–Trinajstić information content (AvgIpc) is 2.52. The van der Waals surface area contributed by atoms with Crippen molar-refractivity contribution in [3.8, 4) is 5.75 Å². The lowest BCUT2D eigenvalue weighted by Crippen LogP contribution is -2.56. The molecule has 0 radical (unpaired) electrons. The van der Waals surface area contributed by atoms with Crippen LogP contribution in [0.15, 0.2) is 36.5 Å². The van der Waals surface area contributed by atoms with Crippen LogP contribution in [0.2, 0.25) is 5.02 Å². The van der Waals surface area contributed by atoms with Crippen molar-refractivity contribution < 1.29 is 18.7 Å². The van der Waals surface area contributed by atoms with E-state index >= 15 is 0 Å². The van der Waals surface area contributed by atoms with Crippen LogP contribution in [0.5, 0.6) is 5.75 Å². The summed E-state index contributed by atoms with van der Waals surface area (Å²) in [6.45, 7) is 1.33. The highest BCUT2D eigenvalue weighted by atomic mass is 35.5. The summed E-state index contributed by atoms with van der Waals surface area (Å²) in [6.07, 6.45) is 1.49. The SMILES string of the molecule is C[C@@]1(C(=O)Nc2ccc(F)c(Cl)c2)Oc2cccnc2NC1=O. The van der Waals surface area contributed by atoms with E-state index in [1.54, 1.807) is 12.1 Å². The standard InChI is InChI=1S/C15H11ClFN3O3/c1-15(13(21)19-8-4-5-10(17)9(16)7-8)14(22)20-12-11(23-15)3-2-6-18-12/h2-7H,1H3,(H,19,21)(H,18,20,22)/t15-/m0/s1. The molecule has 3 rings (SSSR count). The highest BCUT2D eigenvalue weighted by Crippen LogP contribution is 2.32. The molecule has 1 aliphatic rings. The first kappa shape index (κ1) is 15.2. The fourth-order valence-electron chi connectivity index (χ4n) is 2.03. The molecule has 0 spiro atoms. The Labute approximate surface area is 135 Å². The Hall–Kier alpha value is -2.67. The normalized spacial score (nSPS) is 19.3. The molecular weight excluding hydrogens is 325 g/mol. The number of carbonyl (C=O) groups excluding carboxylic acids is 2. The zero-order chi connectivity index (χ0) is 16.6. The molecule has 8 heteroatoms. The molecular formula is C15H11ClFN3O3. The molecule has 0 saturated carbocycles. The Balaban J connectivity index is 1.86. The van der Waals surface area contributed by atoms with Gasteiger partial charge in [0.25, 0.3) is 17.4 Å². The molecule has 2 aromatic rings. The number of nitrogens with one attached hydrogen (secondary N) is 2. The maximum atomic E-state index is 13.2. The van der Waals surface area contributed by atoms with E-state index in [9.17, 15) is 14.0 Å². The summed E-state index contributed by atoms with van der Waals surface area (Å²) in [4.78, 5) is 28.6. The van der Waals surface area contributed by atoms with Gasteiger partial charge in [0.2, 0.25) is 0 Å². The van der Waals surface area contributed by atoms with Crippen molar-refractivity contribution >= 4 is 34.9 Å². The van der Waals surface area contributed by atoms with Gasteiger partial charge in [0.15, 0.2) is 11.6 Å². The summed E-state index contributed by atoms with van der Waals surface area (Å²) >= 11 is 5.67. The highest BCUT2D eigenvalue weighted by molar-refractivity contribution is 6.31. The van der Waals surface area contributed by atoms with Gasteiger partial charge >= 0.3 is 0 Å². The number of carbonyl (C=O) groups is 2. The van der Waals surface area contributed by atoms with Crippen LogP contribution in [0, 0.1) is 5.82 Å². The largest absolute Gasteiger partial charge is 0.464 e. The van der Waals surface area contributed by atoms with Gasteiger partial charge in [0, 0.05) is 11.9 Å². The number of pyridine rings is 1. The second-order valence-corrected chi connectivity index (χ2v) is 5.43. The van der Waals surface area contributed by atoms with Crippen molar-refractivity contribution in [3.63, 3.8) is 0 Å². The molecule has 0 fully saturated rings. The van der Waals surface area contributed by atoms with Gasteiger partial charge in [-0.3, -0.25) is 9.59 Å². The second kappa shape index (κ2) is 5.51. The number of rotatable bonds is 2. The first-order valence-electron chi connectivity index (χ1n) is 6.62. The molecule has 2 amide bonds. The minimum atomic E-state index is -1.79. The van der Waals surface area contributed by atoms with Crippen molar-refractivity contribution in [1.82, 2.24) is 4.98 Å². The predicted octanol–water partition coefficient (Wildman–Crippen LogP) is 2.60. The molecule has 0 saturated heterocycles. The van der Waals surface area contributed by atoms with Crippen molar-refractivity contribution in [1.29, 1.82) is 0 Å². The van der Waals surface area contributed by atoms with E-state index in [1.807, 2.05) is 0 Å². The van der Waals surface area contributed by atoms with Gasteiger partial charge in [-0.05, 0) is 37.3 Å². The van der Waals surface area contributed by atoms with Crippen molar-refractivity contribution in [2.75, 3.05) is 10.6 Å². The zero-order valence-corrected chi connectivity index (χ0v) is 12.6. The van der Waals surface area contributed by atoms with Gasteiger partial charge in [-0.25, -0.2) is 9.37 Å². The third-order valence-corrected chi connectivity index (χ3v) is 3.65. The maximum Gasteiger partial charge on any atom is 0.279 e. The van der Waals surface area contributed by atoms with Crippen LogP contribution in [0.4, 0.5) is 15.9 Å². The topological polar surface area (TPSA) is 80.3 Å². The molecule has 2 heterocycles. The van der Waals surface area contributed by atoms with Crippen molar-refractivity contribution in [2.24, 2.45) is 0 Å². The Morgan fingerprint density at radius 1 is 1.43 bits per heavy atom. The molecule has 0 unspecified atom stereocenters. The lowest BCUT2D eigenvalue weighted by molar-refractivity contribution is -0.143. The van der Waals surface area contributed by atoms with Crippen LogP contribution < -0.4 is 15.4 Å². The third-order valence-electron chi connectivity index (χ3n) is 3.36. The molecule has 2 N–H and O–H groups in total. The van der Waals surface area contributed by atoms with Crippen LogP contribution in [-0.2, 0) is 9.59 Å². The van der Waals surface area contributed by atoms with Gasteiger partial charge in [-0.2, -0.15) is 0 Å². The lowest BCUT2D eigenvalue weighted by atomic mass is 10.0. The number of amides is 2. The van der Waals surface area contributed by atoms with Gasteiger partial charge in [-0.1, -0.05) is 11.6 Å². The Bertz CT molecular complexity index is 814. The minimum absolute atomic E-state index is 0.142. The minimum Gasteiger partial charge on any atom is -0.464 e. The van der Waals surface area contributed by atoms with Crippen LogP contribution in [0.3, 0.4) is 0 Å². The number of halogens is 2. The molecule has 6 nitrogen and oxygen atoms in total. The molecule has 1 aromatic carbocycles. The summed E-state index contributed by atoms with van der Waals surface area (Å²) in [7, 11) is 0. The first-order chi connectivity index (χ1) is 10.9. The third kappa shape index (κ3) is 2.70. The van der Waals surface area contributed by atoms with E-state index in [4.69, 9.17) is 16.3 Å². The molecule has 1 atom stereocenters. The van der Waals surface area contributed by atoms with Crippen molar-refractivity contribution in [3.05, 3.63) is 47.4 Å². The molecule has 118 valence electrons. The monoisotopic (exact) mass is 335 g/mol. The highest BCUT2D eigenvalue weighted by Gasteiger charge is 2.47. The number of hydrogen-bond acceptors (Lipinski definition) is 4. The number of fused-ring (bicyclic) bond motifs is 1. The van der Waals surface area contributed by atoms with Gasteiger partial charge in [-0.15, -0.1) is 0 Å². The van der Waals surface area contributed by atoms with Crippen LogP contribution in [0.25, 0.3) is 0 Å². The zero-order valence-electron chi connectivity index (χ0n) is 11.9. The lowest BCUT2D eigenvalue weighted by Gasteiger charge is -2.32. The molecule has 1 aliphatic heterocycles. The number of hydrogen-bond donors (Lipinski definition) is 2. The summed E-state index contributed by atoms with van der Waals surface area (Å²) in [5.74, 6) is -1.46. The van der Waals surface area contributed by atoms with E-state index in [-0.39, 0.29) is 22.3 Å². The molecule has 0 bridgehead atoms. The van der Waals surface area contributed by atoms with E-state index in [2.05, 4.69) is 15.6 Å². The fraction of sp³-hybridized carbons (Fsp3) is 0.133. The van der Waals surface area contributed by atoms with Crippen LogP contribution in [-0.4, -0.2) is 22.4 Å². The number of anilines is 2. The summed E-state index contributed by atoms with van der Waals surface area (Å²) in [5.41, 5.74) is -1.55. The van der Waals surface area contributed by atoms with Crippen LogP contribution in [0.1, 0.15) is 6.92 Å². The number of nitrogens with zero attached hydrogens (tertiary/aromatic N) is 1. The fourth-order valence-corrected chi connectivity index (χ4v) is 2.21. The molecule has 0 aliphatic carbocycles.